The summed E-state index contributed by atoms with van der Waals surface area (Å²) in [6.45, 7) is 4.95. The first-order valence-corrected chi connectivity index (χ1v) is 4.58. The second-order valence-corrected chi connectivity index (χ2v) is 3.12. The molecule has 0 saturated heterocycles. The van der Waals surface area contributed by atoms with Gasteiger partial charge in [-0.15, -0.1) is 0 Å². The van der Waals surface area contributed by atoms with E-state index in [2.05, 4.69) is 10.3 Å². The Morgan fingerprint density at radius 2 is 2.43 bits per heavy atom. The molecule has 0 fully saturated rings. The summed E-state index contributed by atoms with van der Waals surface area (Å²) in [5, 5.41) is 2.70. The molecule has 1 heterocycles. The number of aromatic nitrogens is 2. The lowest BCUT2D eigenvalue weighted by Crippen LogP contribution is -2.31. The maximum Gasteiger partial charge on any atom is 0.326 e. The van der Waals surface area contributed by atoms with Crippen LogP contribution in [0.4, 0.5) is 4.79 Å². The second-order valence-electron chi connectivity index (χ2n) is 3.12. The number of imidazole rings is 1. The molecule has 0 saturated carbocycles. The van der Waals surface area contributed by atoms with Crippen LogP contribution >= 0.6 is 0 Å². The van der Waals surface area contributed by atoms with Crippen LogP contribution in [0, 0.1) is 0 Å². The Hall–Kier alpha value is -1.36. The van der Waals surface area contributed by atoms with Gasteiger partial charge < -0.3 is 10.1 Å². The first-order valence-electron chi connectivity index (χ1n) is 4.58. The van der Waals surface area contributed by atoms with Crippen LogP contribution in [-0.2, 0) is 4.74 Å². The molecule has 1 N–H and O–H groups in total. The van der Waals surface area contributed by atoms with Crippen molar-refractivity contribution in [2.45, 2.75) is 20.0 Å². The smallest absolute Gasteiger partial charge is 0.326 e. The van der Waals surface area contributed by atoms with Crippen LogP contribution < -0.4 is 5.32 Å². The number of hydrogen-bond donors (Lipinski definition) is 1. The Bertz CT molecular complexity index is 270. The topological polar surface area (TPSA) is 56.1 Å². The maximum absolute atomic E-state index is 11.3. The van der Waals surface area contributed by atoms with Gasteiger partial charge in [-0.2, -0.15) is 0 Å². The van der Waals surface area contributed by atoms with Gasteiger partial charge in [0, 0.05) is 18.9 Å². The number of carbonyl (C=O) groups excluding carboxylic acids is 1. The predicted octanol–water partition coefficient (Wildman–Crippen LogP) is 0.866. The first kappa shape index (κ1) is 10.7. The van der Waals surface area contributed by atoms with Crippen molar-refractivity contribution in [3.8, 4) is 0 Å². The van der Waals surface area contributed by atoms with E-state index in [0.717, 1.165) is 0 Å². The summed E-state index contributed by atoms with van der Waals surface area (Å²) in [5.74, 6) is 0. The standard InChI is InChI=1S/C9H15N3O2/c1-8(2)14-6-4-11-9(13)12-5-3-10-7-12/h3,5,7-8H,4,6H2,1-2H3,(H,11,13). The SMILES string of the molecule is CC(C)OCCNC(=O)n1ccnc1. The molecule has 0 aliphatic rings. The lowest BCUT2D eigenvalue weighted by atomic mass is 10.5. The fraction of sp³-hybridized carbons (Fsp3) is 0.556. The minimum atomic E-state index is -0.185. The zero-order chi connectivity index (χ0) is 10.4. The molecule has 0 spiro atoms. The molecule has 1 aromatic rings. The highest BCUT2D eigenvalue weighted by Gasteiger charge is 2.01. The number of hydrogen-bond acceptors (Lipinski definition) is 3. The second kappa shape index (κ2) is 5.39. The third-order valence-electron chi connectivity index (χ3n) is 1.57. The van der Waals surface area contributed by atoms with E-state index in [1.165, 1.54) is 10.9 Å². The highest BCUT2D eigenvalue weighted by atomic mass is 16.5. The molecule has 1 aromatic heterocycles. The summed E-state index contributed by atoms with van der Waals surface area (Å²) in [6, 6.07) is -0.185. The molecule has 5 heteroatoms. The van der Waals surface area contributed by atoms with Gasteiger partial charge in [-0.05, 0) is 13.8 Å². The molecule has 0 radical (unpaired) electrons. The molecular weight excluding hydrogens is 182 g/mol. The summed E-state index contributed by atoms with van der Waals surface area (Å²) in [7, 11) is 0. The lowest BCUT2D eigenvalue weighted by Gasteiger charge is -2.08. The first-order chi connectivity index (χ1) is 6.70. The molecule has 78 valence electrons. The molecule has 0 bridgehead atoms. The number of amides is 1. The van der Waals surface area contributed by atoms with Crippen LogP contribution in [0.1, 0.15) is 13.8 Å². The van der Waals surface area contributed by atoms with Gasteiger partial charge in [-0.3, -0.25) is 4.57 Å². The minimum Gasteiger partial charge on any atom is -0.377 e. The predicted molar refractivity (Wildman–Crippen MR) is 52.1 cm³/mol. The zero-order valence-electron chi connectivity index (χ0n) is 8.43. The Labute approximate surface area is 83.1 Å². The zero-order valence-corrected chi connectivity index (χ0v) is 8.43. The summed E-state index contributed by atoms with van der Waals surface area (Å²) in [5.41, 5.74) is 0. The maximum atomic E-state index is 11.3. The molecule has 1 rings (SSSR count). The van der Waals surface area contributed by atoms with Gasteiger partial charge in [0.25, 0.3) is 0 Å². The fourth-order valence-electron chi connectivity index (χ4n) is 0.923. The van der Waals surface area contributed by atoms with E-state index in [0.29, 0.717) is 13.2 Å². The van der Waals surface area contributed by atoms with E-state index in [9.17, 15) is 4.79 Å². The van der Waals surface area contributed by atoms with E-state index in [1.807, 2.05) is 13.8 Å². The normalized spacial score (nSPS) is 10.5. The van der Waals surface area contributed by atoms with E-state index in [1.54, 1.807) is 12.4 Å². The minimum absolute atomic E-state index is 0.185. The van der Waals surface area contributed by atoms with Gasteiger partial charge in [0.15, 0.2) is 0 Å². The quantitative estimate of drug-likeness (QED) is 0.728. The van der Waals surface area contributed by atoms with Gasteiger partial charge in [0.2, 0.25) is 0 Å². The molecule has 1 amide bonds. The van der Waals surface area contributed by atoms with E-state index >= 15 is 0 Å². The average molecular weight is 197 g/mol. The molecule has 0 aromatic carbocycles. The van der Waals surface area contributed by atoms with Crippen molar-refractivity contribution in [2.24, 2.45) is 0 Å². The highest BCUT2D eigenvalue weighted by molar-refractivity contribution is 5.76. The average Bonchev–Trinajstić information content (AvgIpc) is 2.64. The number of nitrogens with one attached hydrogen (secondary N) is 1. The Morgan fingerprint density at radius 1 is 1.64 bits per heavy atom. The summed E-state index contributed by atoms with van der Waals surface area (Å²) in [4.78, 5) is 15.1. The van der Waals surface area contributed by atoms with Crippen LogP contribution in [0.2, 0.25) is 0 Å². The van der Waals surface area contributed by atoms with Gasteiger partial charge in [-0.25, -0.2) is 9.78 Å². The highest BCUT2D eigenvalue weighted by Crippen LogP contribution is 1.87. The van der Waals surface area contributed by atoms with Crippen molar-refractivity contribution >= 4 is 6.03 Å². The molecule has 0 aliphatic carbocycles. The van der Waals surface area contributed by atoms with Crippen LogP contribution in [0.5, 0.6) is 0 Å². The molecule has 14 heavy (non-hydrogen) atoms. The third kappa shape index (κ3) is 3.57. The van der Waals surface area contributed by atoms with Crippen molar-refractivity contribution < 1.29 is 9.53 Å². The molecule has 0 aliphatic heterocycles. The summed E-state index contributed by atoms with van der Waals surface area (Å²) < 4.78 is 6.65. The van der Waals surface area contributed by atoms with Crippen molar-refractivity contribution in [1.82, 2.24) is 14.9 Å². The van der Waals surface area contributed by atoms with Crippen molar-refractivity contribution in [1.29, 1.82) is 0 Å². The van der Waals surface area contributed by atoms with Crippen molar-refractivity contribution in [3.05, 3.63) is 18.7 Å². The summed E-state index contributed by atoms with van der Waals surface area (Å²) >= 11 is 0. The Kier molecular flexibility index (Phi) is 4.12. The number of ether oxygens (including phenoxy) is 1. The van der Waals surface area contributed by atoms with E-state index < -0.39 is 0 Å². The fourth-order valence-corrected chi connectivity index (χ4v) is 0.923. The van der Waals surface area contributed by atoms with E-state index in [4.69, 9.17) is 4.74 Å². The van der Waals surface area contributed by atoms with E-state index in [-0.39, 0.29) is 12.1 Å². The number of rotatable bonds is 4. The van der Waals surface area contributed by atoms with Crippen LogP contribution in [0.3, 0.4) is 0 Å². The van der Waals surface area contributed by atoms with Crippen molar-refractivity contribution in [2.75, 3.05) is 13.2 Å². The Balaban J connectivity index is 2.16. The van der Waals surface area contributed by atoms with Gasteiger partial charge in [-0.1, -0.05) is 0 Å². The molecule has 0 unspecified atom stereocenters. The van der Waals surface area contributed by atoms with Gasteiger partial charge >= 0.3 is 6.03 Å². The van der Waals surface area contributed by atoms with Crippen LogP contribution in [-0.4, -0.2) is 34.8 Å². The van der Waals surface area contributed by atoms with Gasteiger partial charge in [0.05, 0.1) is 12.7 Å². The largest absolute Gasteiger partial charge is 0.377 e. The lowest BCUT2D eigenvalue weighted by molar-refractivity contribution is 0.0818. The monoisotopic (exact) mass is 197 g/mol. The summed E-state index contributed by atoms with van der Waals surface area (Å²) in [6.07, 6.45) is 4.81. The third-order valence-corrected chi connectivity index (χ3v) is 1.57. The molecular formula is C9H15N3O2. The van der Waals surface area contributed by atoms with Gasteiger partial charge in [0.1, 0.15) is 6.33 Å². The molecule has 5 nitrogen and oxygen atoms in total. The van der Waals surface area contributed by atoms with Crippen LogP contribution in [0.15, 0.2) is 18.7 Å². The number of nitrogens with zero attached hydrogens (tertiary/aromatic N) is 2. The van der Waals surface area contributed by atoms with Crippen molar-refractivity contribution in [3.63, 3.8) is 0 Å². The number of carbonyl (C=O) groups is 1. The molecule has 0 atom stereocenters. The Morgan fingerprint density at radius 3 is 3.00 bits per heavy atom. The van der Waals surface area contributed by atoms with Crippen LogP contribution in [0.25, 0.3) is 0 Å².